The Morgan fingerprint density at radius 2 is 1.64 bits per heavy atom. The molecular formula is C20H27ClN2O2. The van der Waals surface area contributed by atoms with Crippen LogP contribution in [0.3, 0.4) is 0 Å². The molecule has 0 saturated heterocycles. The SMILES string of the molecule is CC(C)COc1ccc(C(C)NC(=O)Cc2ccc(N)cc2)cc1.Cl. The first-order chi connectivity index (χ1) is 11.4. The number of halogens is 1. The third-order valence-electron chi connectivity index (χ3n) is 3.69. The lowest BCUT2D eigenvalue weighted by Crippen LogP contribution is -2.28. The maximum Gasteiger partial charge on any atom is 0.224 e. The highest BCUT2D eigenvalue weighted by atomic mass is 35.5. The van der Waals surface area contributed by atoms with E-state index in [9.17, 15) is 4.79 Å². The number of nitrogens with two attached hydrogens (primary N) is 1. The van der Waals surface area contributed by atoms with Crippen LogP contribution in [0.15, 0.2) is 48.5 Å². The third-order valence-corrected chi connectivity index (χ3v) is 3.69. The van der Waals surface area contributed by atoms with Crippen LogP contribution in [0, 0.1) is 5.92 Å². The van der Waals surface area contributed by atoms with Crippen LogP contribution in [0.4, 0.5) is 5.69 Å². The van der Waals surface area contributed by atoms with Crippen molar-refractivity contribution in [3.8, 4) is 5.75 Å². The van der Waals surface area contributed by atoms with E-state index in [1.165, 1.54) is 0 Å². The van der Waals surface area contributed by atoms with Gasteiger partial charge in [-0.2, -0.15) is 0 Å². The molecule has 0 aliphatic heterocycles. The fourth-order valence-electron chi connectivity index (χ4n) is 2.31. The molecule has 25 heavy (non-hydrogen) atoms. The van der Waals surface area contributed by atoms with Gasteiger partial charge in [0.1, 0.15) is 5.75 Å². The molecule has 0 aliphatic rings. The van der Waals surface area contributed by atoms with Crippen LogP contribution in [0.1, 0.15) is 37.9 Å². The van der Waals surface area contributed by atoms with Crippen LogP contribution in [0.2, 0.25) is 0 Å². The molecule has 1 atom stereocenters. The van der Waals surface area contributed by atoms with Gasteiger partial charge in [0.25, 0.3) is 0 Å². The lowest BCUT2D eigenvalue weighted by Gasteiger charge is -2.15. The number of ether oxygens (including phenoxy) is 1. The minimum Gasteiger partial charge on any atom is -0.493 e. The number of hydrogen-bond acceptors (Lipinski definition) is 3. The second kappa shape index (κ2) is 9.94. The van der Waals surface area contributed by atoms with Crippen molar-refractivity contribution in [2.24, 2.45) is 5.92 Å². The molecule has 0 bridgehead atoms. The van der Waals surface area contributed by atoms with Crippen LogP contribution in [0.25, 0.3) is 0 Å². The molecule has 0 aliphatic carbocycles. The van der Waals surface area contributed by atoms with Gasteiger partial charge in [0.05, 0.1) is 19.1 Å². The lowest BCUT2D eigenvalue weighted by molar-refractivity contribution is -0.121. The predicted octanol–water partition coefficient (Wildman–Crippen LogP) is 4.15. The lowest BCUT2D eigenvalue weighted by atomic mass is 10.1. The smallest absolute Gasteiger partial charge is 0.224 e. The van der Waals surface area contributed by atoms with E-state index in [1.807, 2.05) is 55.5 Å². The summed E-state index contributed by atoms with van der Waals surface area (Å²) >= 11 is 0. The van der Waals surface area contributed by atoms with E-state index in [2.05, 4.69) is 19.2 Å². The van der Waals surface area contributed by atoms with E-state index in [0.29, 0.717) is 24.6 Å². The first-order valence-electron chi connectivity index (χ1n) is 8.30. The van der Waals surface area contributed by atoms with Gasteiger partial charge in [-0.3, -0.25) is 4.79 Å². The number of amides is 1. The minimum absolute atomic E-state index is 0. The van der Waals surface area contributed by atoms with Gasteiger partial charge in [0, 0.05) is 5.69 Å². The summed E-state index contributed by atoms with van der Waals surface area (Å²) in [6, 6.07) is 15.2. The molecule has 4 nitrogen and oxygen atoms in total. The summed E-state index contributed by atoms with van der Waals surface area (Å²) in [4.78, 5) is 12.2. The Morgan fingerprint density at radius 3 is 2.20 bits per heavy atom. The first kappa shape index (κ1) is 20.8. The van der Waals surface area contributed by atoms with Gasteiger partial charge in [-0.1, -0.05) is 38.1 Å². The molecule has 0 aromatic heterocycles. The maximum atomic E-state index is 12.2. The van der Waals surface area contributed by atoms with Crippen molar-refractivity contribution < 1.29 is 9.53 Å². The molecule has 0 fully saturated rings. The van der Waals surface area contributed by atoms with Crippen molar-refractivity contribution in [3.63, 3.8) is 0 Å². The Bertz CT molecular complexity index is 654. The largest absolute Gasteiger partial charge is 0.493 e. The van der Waals surface area contributed by atoms with Crippen molar-refractivity contribution in [2.75, 3.05) is 12.3 Å². The molecule has 5 heteroatoms. The Morgan fingerprint density at radius 1 is 1.04 bits per heavy atom. The normalized spacial score (nSPS) is 11.5. The molecule has 0 spiro atoms. The topological polar surface area (TPSA) is 64.3 Å². The van der Waals surface area contributed by atoms with Gasteiger partial charge >= 0.3 is 0 Å². The number of hydrogen-bond donors (Lipinski definition) is 2. The highest BCUT2D eigenvalue weighted by Crippen LogP contribution is 2.18. The van der Waals surface area contributed by atoms with Gasteiger partial charge in [-0.25, -0.2) is 0 Å². The van der Waals surface area contributed by atoms with Crippen LogP contribution >= 0.6 is 12.4 Å². The molecule has 1 amide bonds. The Kier molecular flexibility index (Phi) is 8.29. The maximum absolute atomic E-state index is 12.2. The van der Waals surface area contributed by atoms with E-state index in [1.54, 1.807) is 0 Å². The zero-order valence-corrected chi connectivity index (χ0v) is 15.8. The van der Waals surface area contributed by atoms with Crippen molar-refractivity contribution in [1.29, 1.82) is 0 Å². The summed E-state index contributed by atoms with van der Waals surface area (Å²) < 4.78 is 5.67. The van der Waals surface area contributed by atoms with E-state index in [4.69, 9.17) is 10.5 Å². The van der Waals surface area contributed by atoms with E-state index < -0.39 is 0 Å². The highest BCUT2D eigenvalue weighted by Gasteiger charge is 2.10. The van der Waals surface area contributed by atoms with Crippen molar-refractivity contribution in [3.05, 3.63) is 59.7 Å². The minimum atomic E-state index is -0.0505. The number of nitrogens with one attached hydrogen (secondary N) is 1. The van der Waals surface area contributed by atoms with Gasteiger partial charge in [-0.15, -0.1) is 12.4 Å². The molecule has 2 aromatic rings. The summed E-state index contributed by atoms with van der Waals surface area (Å²) in [5, 5.41) is 3.02. The molecule has 136 valence electrons. The fraction of sp³-hybridized carbons (Fsp3) is 0.350. The average Bonchev–Trinajstić information content (AvgIpc) is 2.55. The molecule has 0 saturated carbocycles. The second-order valence-electron chi connectivity index (χ2n) is 6.48. The zero-order chi connectivity index (χ0) is 17.5. The average molecular weight is 363 g/mol. The molecule has 0 radical (unpaired) electrons. The van der Waals surface area contributed by atoms with Crippen molar-refractivity contribution >= 4 is 24.0 Å². The van der Waals surface area contributed by atoms with E-state index >= 15 is 0 Å². The number of carbonyl (C=O) groups is 1. The van der Waals surface area contributed by atoms with Crippen molar-refractivity contribution in [2.45, 2.75) is 33.2 Å². The second-order valence-corrected chi connectivity index (χ2v) is 6.48. The summed E-state index contributed by atoms with van der Waals surface area (Å²) in [7, 11) is 0. The van der Waals surface area contributed by atoms with Gasteiger partial charge in [0.2, 0.25) is 5.91 Å². The molecular weight excluding hydrogens is 336 g/mol. The number of rotatable bonds is 7. The molecule has 0 heterocycles. The Balaban J connectivity index is 0.00000312. The predicted molar refractivity (Wildman–Crippen MR) is 105 cm³/mol. The number of benzene rings is 2. The van der Waals surface area contributed by atoms with Crippen LogP contribution in [0.5, 0.6) is 5.75 Å². The molecule has 3 N–H and O–H groups in total. The number of anilines is 1. The highest BCUT2D eigenvalue weighted by molar-refractivity contribution is 5.85. The van der Waals surface area contributed by atoms with Crippen molar-refractivity contribution in [1.82, 2.24) is 5.32 Å². The quantitative estimate of drug-likeness (QED) is 0.727. The zero-order valence-electron chi connectivity index (χ0n) is 15.0. The van der Waals surface area contributed by atoms with E-state index in [-0.39, 0.29) is 24.4 Å². The molecule has 2 aromatic carbocycles. The van der Waals surface area contributed by atoms with Gasteiger partial charge < -0.3 is 15.8 Å². The molecule has 1 unspecified atom stereocenters. The first-order valence-corrected chi connectivity index (χ1v) is 8.30. The van der Waals surface area contributed by atoms with Gasteiger partial charge in [-0.05, 0) is 48.2 Å². The van der Waals surface area contributed by atoms with E-state index in [0.717, 1.165) is 16.9 Å². The standard InChI is InChI=1S/C20H26N2O2.ClH/c1-14(2)13-24-19-10-6-17(7-11-19)15(3)22-20(23)12-16-4-8-18(21)9-5-16;/h4-11,14-15H,12-13,21H2,1-3H3,(H,22,23);1H. The Labute approximate surface area is 156 Å². The van der Waals surface area contributed by atoms with Crippen LogP contribution in [-0.4, -0.2) is 12.5 Å². The van der Waals surface area contributed by atoms with Crippen LogP contribution < -0.4 is 15.8 Å². The third kappa shape index (κ3) is 7.06. The summed E-state index contributed by atoms with van der Waals surface area (Å²) in [6.07, 6.45) is 0.347. The monoisotopic (exact) mass is 362 g/mol. The van der Waals surface area contributed by atoms with Gasteiger partial charge in [0.15, 0.2) is 0 Å². The van der Waals surface area contributed by atoms with Crippen LogP contribution in [-0.2, 0) is 11.2 Å². The molecule has 2 rings (SSSR count). The summed E-state index contributed by atoms with van der Waals surface area (Å²) in [6.45, 7) is 6.91. The fourth-order valence-corrected chi connectivity index (χ4v) is 2.31. The summed E-state index contributed by atoms with van der Waals surface area (Å²) in [5.74, 6) is 1.34. The summed E-state index contributed by atoms with van der Waals surface area (Å²) in [5.41, 5.74) is 8.36. The number of carbonyl (C=O) groups excluding carboxylic acids is 1. The number of nitrogen functional groups attached to an aromatic ring is 1. The Hall–Kier alpha value is -2.20.